The topological polar surface area (TPSA) is 85.4 Å². The molecule has 0 aliphatic rings. The Bertz CT molecular complexity index is 617. The smallest absolute Gasteiger partial charge is 0.341 e. The summed E-state index contributed by atoms with van der Waals surface area (Å²) >= 11 is 5.85. The van der Waals surface area contributed by atoms with Crippen molar-refractivity contribution >= 4 is 23.3 Å². The van der Waals surface area contributed by atoms with Crippen LogP contribution in [0.15, 0.2) is 36.5 Å². The fourth-order valence-corrected chi connectivity index (χ4v) is 1.73. The van der Waals surface area contributed by atoms with Crippen molar-refractivity contribution in [2.45, 2.75) is 6.61 Å². The first kappa shape index (κ1) is 13.2. The molecule has 0 amide bonds. The van der Waals surface area contributed by atoms with Crippen LogP contribution in [0.25, 0.3) is 0 Å². The van der Waals surface area contributed by atoms with Crippen LogP contribution in [0.2, 0.25) is 5.02 Å². The first-order valence-electron chi connectivity index (χ1n) is 5.42. The van der Waals surface area contributed by atoms with Crippen molar-refractivity contribution in [3.63, 3.8) is 0 Å². The van der Waals surface area contributed by atoms with Crippen molar-refractivity contribution in [1.29, 1.82) is 0 Å². The molecule has 0 fully saturated rings. The van der Waals surface area contributed by atoms with Gasteiger partial charge in [0.1, 0.15) is 12.2 Å². The number of nitrogens with zero attached hydrogens (tertiary/aromatic N) is 1. The van der Waals surface area contributed by atoms with Crippen LogP contribution in [0.5, 0.6) is 5.88 Å². The number of ether oxygens (including phenoxy) is 1. The second-order valence-corrected chi connectivity index (χ2v) is 4.28. The Hall–Kier alpha value is -2.27. The number of anilines is 1. The maximum absolute atomic E-state index is 11.0. The first-order valence-corrected chi connectivity index (χ1v) is 5.80. The summed E-state index contributed by atoms with van der Waals surface area (Å²) in [7, 11) is 0. The van der Waals surface area contributed by atoms with E-state index in [4.69, 9.17) is 27.2 Å². The number of hydrogen-bond acceptors (Lipinski definition) is 4. The molecule has 6 heteroatoms. The van der Waals surface area contributed by atoms with E-state index in [1.54, 1.807) is 18.2 Å². The van der Waals surface area contributed by atoms with Gasteiger partial charge >= 0.3 is 5.97 Å². The van der Waals surface area contributed by atoms with E-state index in [0.717, 1.165) is 5.56 Å². The van der Waals surface area contributed by atoms with Gasteiger partial charge in [-0.25, -0.2) is 9.78 Å². The molecule has 0 bridgehead atoms. The van der Waals surface area contributed by atoms with Gasteiger partial charge in [-0.3, -0.25) is 0 Å². The average molecular weight is 279 g/mol. The number of carboxylic acids is 1. The lowest BCUT2D eigenvalue weighted by atomic mass is 10.2. The number of rotatable bonds is 4. The zero-order chi connectivity index (χ0) is 13.8. The lowest BCUT2D eigenvalue weighted by Crippen LogP contribution is -2.06. The van der Waals surface area contributed by atoms with Crippen LogP contribution in [0, 0.1) is 0 Å². The van der Waals surface area contributed by atoms with Gasteiger partial charge < -0.3 is 15.6 Å². The van der Waals surface area contributed by atoms with E-state index in [2.05, 4.69) is 4.98 Å². The number of hydrogen-bond donors (Lipinski definition) is 2. The molecule has 0 aliphatic heterocycles. The second-order valence-electron chi connectivity index (χ2n) is 3.85. The highest BCUT2D eigenvalue weighted by Gasteiger charge is 2.13. The van der Waals surface area contributed by atoms with Gasteiger partial charge in [0.15, 0.2) is 0 Å². The second kappa shape index (κ2) is 5.58. The Labute approximate surface area is 114 Å². The summed E-state index contributed by atoms with van der Waals surface area (Å²) < 4.78 is 5.39. The molecule has 98 valence electrons. The fraction of sp³-hybridized carbons (Fsp3) is 0.0769. The SMILES string of the molecule is Nc1cnc(OCc2cccc(Cl)c2)c(C(=O)O)c1. The molecular weight excluding hydrogens is 268 g/mol. The molecule has 0 saturated carbocycles. The van der Waals surface area contributed by atoms with Gasteiger partial charge in [0.25, 0.3) is 0 Å². The molecule has 5 nitrogen and oxygen atoms in total. The van der Waals surface area contributed by atoms with E-state index < -0.39 is 5.97 Å². The average Bonchev–Trinajstić information content (AvgIpc) is 2.37. The summed E-state index contributed by atoms with van der Waals surface area (Å²) in [6.07, 6.45) is 1.35. The molecule has 1 aromatic carbocycles. The summed E-state index contributed by atoms with van der Waals surface area (Å²) in [4.78, 5) is 14.9. The van der Waals surface area contributed by atoms with Crippen molar-refractivity contribution < 1.29 is 14.6 Å². The van der Waals surface area contributed by atoms with Gasteiger partial charge in [-0.15, -0.1) is 0 Å². The summed E-state index contributed by atoms with van der Waals surface area (Å²) in [5, 5.41) is 9.62. The number of aromatic carboxylic acids is 1. The van der Waals surface area contributed by atoms with E-state index in [1.807, 2.05) is 6.07 Å². The molecule has 0 unspecified atom stereocenters. The minimum absolute atomic E-state index is 0.0293. The highest BCUT2D eigenvalue weighted by atomic mass is 35.5. The van der Waals surface area contributed by atoms with Crippen LogP contribution in [0.3, 0.4) is 0 Å². The molecule has 2 rings (SSSR count). The molecule has 0 aliphatic carbocycles. The number of carboxylic acid groups (broad SMARTS) is 1. The van der Waals surface area contributed by atoms with E-state index in [1.165, 1.54) is 12.3 Å². The van der Waals surface area contributed by atoms with Crippen molar-refractivity contribution in [3.05, 3.63) is 52.7 Å². The van der Waals surface area contributed by atoms with Gasteiger partial charge in [0, 0.05) is 5.02 Å². The van der Waals surface area contributed by atoms with Crippen LogP contribution in [-0.2, 0) is 6.61 Å². The Morgan fingerprint density at radius 1 is 1.42 bits per heavy atom. The Morgan fingerprint density at radius 2 is 2.21 bits per heavy atom. The number of benzene rings is 1. The van der Waals surface area contributed by atoms with Gasteiger partial charge in [-0.2, -0.15) is 0 Å². The van der Waals surface area contributed by atoms with Gasteiger partial charge in [0.05, 0.1) is 11.9 Å². The predicted octanol–water partition coefficient (Wildman–Crippen LogP) is 2.59. The standard InChI is InChI=1S/C13H11ClN2O3/c14-9-3-1-2-8(4-9)7-19-12-11(13(17)18)5-10(15)6-16-12/h1-6H,7,15H2,(H,17,18). The van der Waals surface area contributed by atoms with E-state index in [-0.39, 0.29) is 23.7 Å². The van der Waals surface area contributed by atoms with Crippen LogP contribution < -0.4 is 10.5 Å². The Kier molecular flexibility index (Phi) is 3.87. The summed E-state index contributed by atoms with van der Waals surface area (Å²) in [6.45, 7) is 0.178. The van der Waals surface area contributed by atoms with Crippen molar-refractivity contribution in [2.24, 2.45) is 0 Å². The number of aromatic nitrogens is 1. The molecule has 0 saturated heterocycles. The third kappa shape index (κ3) is 3.35. The Morgan fingerprint density at radius 3 is 2.89 bits per heavy atom. The molecule has 19 heavy (non-hydrogen) atoms. The van der Waals surface area contributed by atoms with E-state index in [9.17, 15) is 4.79 Å². The van der Waals surface area contributed by atoms with Crippen molar-refractivity contribution in [2.75, 3.05) is 5.73 Å². The van der Waals surface area contributed by atoms with Crippen LogP contribution >= 0.6 is 11.6 Å². The van der Waals surface area contributed by atoms with Gasteiger partial charge in [-0.1, -0.05) is 23.7 Å². The molecule has 0 spiro atoms. The first-order chi connectivity index (χ1) is 9.06. The summed E-state index contributed by atoms with van der Waals surface area (Å²) in [5.41, 5.74) is 6.52. The lowest BCUT2D eigenvalue weighted by molar-refractivity contribution is 0.0690. The third-order valence-corrected chi connectivity index (χ3v) is 2.60. The fourth-order valence-electron chi connectivity index (χ4n) is 1.52. The molecular formula is C13H11ClN2O3. The van der Waals surface area contributed by atoms with Gasteiger partial charge in [0.2, 0.25) is 5.88 Å². The minimum Gasteiger partial charge on any atom is -0.477 e. The monoisotopic (exact) mass is 278 g/mol. The summed E-state index contributed by atoms with van der Waals surface area (Å²) in [6, 6.07) is 8.40. The number of carbonyl (C=O) groups is 1. The molecule has 0 radical (unpaired) electrons. The zero-order valence-electron chi connectivity index (χ0n) is 9.84. The van der Waals surface area contributed by atoms with Gasteiger partial charge in [-0.05, 0) is 23.8 Å². The van der Waals surface area contributed by atoms with Crippen LogP contribution in [0.4, 0.5) is 5.69 Å². The normalized spacial score (nSPS) is 10.2. The molecule has 0 atom stereocenters. The zero-order valence-corrected chi connectivity index (χ0v) is 10.6. The van der Waals surface area contributed by atoms with Crippen molar-refractivity contribution in [3.8, 4) is 5.88 Å². The molecule has 3 N–H and O–H groups in total. The maximum atomic E-state index is 11.0. The lowest BCUT2D eigenvalue weighted by Gasteiger charge is -2.08. The maximum Gasteiger partial charge on any atom is 0.341 e. The highest BCUT2D eigenvalue weighted by molar-refractivity contribution is 6.30. The van der Waals surface area contributed by atoms with E-state index in [0.29, 0.717) is 5.02 Å². The number of nitrogens with two attached hydrogens (primary N) is 1. The molecule has 1 aromatic heterocycles. The number of halogens is 1. The highest BCUT2D eigenvalue weighted by Crippen LogP contribution is 2.20. The van der Waals surface area contributed by atoms with Crippen molar-refractivity contribution in [1.82, 2.24) is 4.98 Å². The predicted molar refractivity (Wildman–Crippen MR) is 71.4 cm³/mol. The molecule has 2 aromatic rings. The third-order valence-electron chi connectivity index (χ3n) is 2.37. The summed E-state index contributed by atoms with van der Waals surface area (Å²) in [5.74, 6) is -1.11. The quantitative estimate of drug-likeness (QED) is 0.898. The number of nitrogen functional groups attached to an aromatic ring is 1. The minimum atomic E-state index is -1.14. The van der Waals surface area contributed by atoms with Crippen LogP contribution in [0.1, 0.15) is 15.9 Å². The largest absolute Gasteiger partial charge is 0.477 e. The van der Waals surface area contributed by atoms with Crippen LogP contribution in [-0.4, -0.2) is 16.1 Å². The number of pyridine rings is 1. The van der Waals surface area contributed by atoms with E-state index >= 15 is 0 Å². The molecule has 1 heterocycles. The Balaban J connectivity index is 2.17.